The van der Waals surface area contributed by atoms with Gasteiger partial charge in [0.1, 0.15) is 5.75 Å². The summed E-state index contributed by atoms with van der Waals surface area (Å²) in [5, 5.41) is 14.4. The average Bonchev–Trinajstić information content (AvgIpc) is 3.26. The zero-order valence-electron chi connectivity index (χ0n) is 10.5. The van der Waals surface area contributed by atoms with Crippen molar-refractivity contribution in [3.8, 4) is 5.75 Å². The Morgan fingerprint density at radius 3 is 2.89 bits per heavy atom. The summed E-state index contributed by atoms with van der Waals surface area (Å²) in [5.41, 5.74) is 5.99. The van der Waals surface area contributed by atoms with Gasteiger partial charge in [-0.1, -0.05) is 17.3 Å². The molecule has 1 aromatic rings. The van der Waals surface area contributed by atoms with Gasteiger partial charge in [0.05, 0.1) is 5.56 Å². The number of hydrogen-bond acceptors (Lipinski definition) is 4. The van der Waals surface area contributed by atoms with Crippen LogP contribution in [0.5, 0.6) is 5.75 Å². The zero-order valence-corrected chi connectivity index (χ0v) is 10.5. The fourth-order valence-electron chi connectivity index (χ4n) is 1.63. The quantitative estimate of drug-likeness (QED) is 0.304. The number of nitrogens with two attached hydrogens (primary N) is 1. The third kappa shape index (κ3) is 3.87. The van der Waals surface area contributed by atoms with Crippen molar-refractivity contribution >= 4 is 11.7 Å². The maximum atomic E-state index is 11.6. The zero-order chi connectivity index (χ0) is 13.7. The Hall–Kier alpha value is -2.24. The average molecular weight is 263 g/mol. The van der Waals surface area contributed by atoms with Crippen molar-refractivity contribution in [2.24, 2.45) is 16.8 Å². The summed E-state index contributed by atoms with van der Waals surface area (Å²) in [4.78, 5) is 11.6. The van der Waals surface area contributed by atoms with Crippen molar-refractivity contribution in [3.63, 3.8) is 0 Å². The second kappa shape index (κ2) is 6.08. The number of ether oxygens (including phenoxy) is 1. The number of amidine groups is 1. The highest BCUT2D eigenvalue weighted by Gasteiger charge is 2.21. The molecule has 6 nitrogen and oxygen atoms in total. The summed E-state index contributed by atoms with van der Waals surface area (Å²) >= 11 is 0. The smallest absolute Gasteiger partial charge is 0.257 e. The molecule has 102 valence electrons. The minimum absolute atomic E-state index is 0.0472. The monoisotopic (exact) mass is 263 g/mol. The van der Waals surface area contributed by atoms with E-state index in [4.69, 9.17) is 15.7 Å². The summed E-state index contributed by atoms with van der Waals surface area (Å²) in [5.74, 6) is 0.836. The van der Waals surface area contributed by atoms with Crippen molar-refractivity contribution < 1.29 is 14.7 Å². The summed E-state index contributed by atoms with van der Waals surface area (Å²) in [6.45, 7) is 0.631. The number of rotatable bonds is 6. The molecule has 0 aliphatic heterocycles. The largest absolute Gasteiger partial charge is 0.483 e. The molecule has 1 aliphatic rings. The van der Waals surface area contributed by atoms with Crippen LogP contribution >= 0.6 is 0 Å². The number of carbonyl (C=O) groups is 1. The molecule has 1 fully saturated rings. The number of benzene rings is 1. The lowest BCUT2D eigenvalue weighted by Gasteiger charge is -2.10. The molecule has 19 heavy (non-hydrogen) atoms. The summed E-state index contributed by atoms with van der Waals surface area (Å²) < 4.78 is 5.39. The summed E-state index contributed by atoms with van der Waals surface area (Å²) in [6, 6.07) is 6.83. The maximum absolute atomic E-state index is 11.6. The SMILES string of the molecule is N/C(=N\O)c1ccccc1OCC(=O)NCC1CC1. The van der Waals surface area contributed by atoms with Gasteiger partial charge in [0.2, 0.25) is 0 Å². The van der Waals surface area contributed by atoms with Crippen LogP contribution in [0.1, 0.15) is 18.4 Å². The molecule has 0 aromatic heterocycles. The van der Waals surface area contributed by atoms with Crippen molar-refractivity contribution in [1.29, 1.82) is 0 Å². The molecule has 0 atom stereocenters. The molecule has 0 unspecified atom stereocenters. The van der Waals surface area contributed by atoms with Gasteiger partial charge in [-0.05, 0) is 30.9 Å². The molecule has 1 aliphatic carbocycles. The number of carbonyl (C=O) groups excluding carboxylic acids is 1. The Labute approximate surface area is 111 Å². The van der Waals surface area contributed by atoms with Gasteiger partial charge in [-0.2, -0.15) is 0 Å². The molecule has 6 heteroatoms. The van der Waals surface area contributed by atoms with Crippen LogP contribution in [0.2, 0.25) is 0 Å². The van der Waals surface area contributed by atoms with Crippen LogP contribution in [-0.4, -0.2) is 30.1 Å². The second-order valence-electron chi connectivity index (χ2n) is 4.52. The number of para-hydroxylation sites is 1. The van der Waals surface area contributed by atoms with Gasteiger partial charge in [-0.3, -0.25) is 4.79 Å². The van der Waals surface area contributed by atoms with Crippen LogP contribution in [0.25, 0.3) is 0 Å². The lowest BCUT2D eigenvalue weighted by Crippen LogP contribution is -2.30. The molecule has 0 bridgehead atoms. The number of amides is 1. The number of hydrogen-bond donors (Lipinski definition) is 3. The van der Waals surface area contributed by atoms with E-state index in [0.29, 0.717) is 23.8 Å². The predicted molar refractivity (Wildman–Crippen MR) is 70.2 cm³/mol. The van der Waals surface area contributed by atoms with Gasteiger partial charge in [-0.15, -0.1) is 0 Å². The fourth-order valence-corrected chi connectivity index (χ4v) is 1.63. The highest BCUT2D eigenvalue weighted by atomic mass is 16.5. The first kappa shape index (κ1) is 13.2. The number of nitrogens with one attached hydrogen (secondary N) is 1. The molecule has 1 amide bonds. The summed E-state index contributed by atoms with van der Waals surface area (Å²) in [6.07, 6.45) is 2.38. The highest BCUT2D eigenvalue weighted by Crippen LogP contribution is 2.27. The highest BCUT2D eigenvalue weighted by molar-refractivity contribution is 5.99. The van der Waals surface area contributed by atoms with Crippen LogP contribution in [0, 0.1) is 5.92 Å². The molecular weight excluding hydrogens is 246 g/mol. The first-order chi connectivity index (χ1) is 9.20. The Morgan fingerprint density at radius 1 is 1.47 bits per heavy atom. The van der Waals surface area contributed by atoms with Crippen molar-refractivity contribution in [2.75, 3.05) is 13.2 Å². The minimum Gasteiger partial charge on any atom is -0.483 e. The Bertz CT molecular complexity index is 484. The topological polar surface area (TPSA) is 96.9 Å². The minimum atomic E-state index is -0.166. The van der Waals surface area contributed by atoms with E-state index in [1.165, 1.54) is 12.8 Å². The van der Waals surface area contributed by atoms with Gasteiger partial charge < -0.3 is 21.0 Å². The van der Waals surface area contributed by atoms with E-state index in [-0.39, 0.29) is 18.3 Å². The standard InChI is InChI=1S/C13H17N3O3/c14-13(16-18)10-3-1-2-4-11(10)19-8-12(17)15-7-9-5-6-9/h1-4,9,18H,5-8H2,(H2,14,16)(H,15,17). The molecule has 1 saturated carbocycles. The normalized spacial score (nSPS) is 15.1. The Balaban J connectivity index is 1.89. The molecule has 0 spiro atoms. The predicted octanol–water partition coefficient (Wildman–Crippen LogP) is 0.686. The maximum Gasteiger partial charge on any atom is 0.257 e. The Kier molecular flexibility index (Phi) is 4.22. The molecule has 0 saturated heterocycles. The van der Waals surface area contributed by atoms with Crippen molar-refractivity contribution in [2.45, 2.75) is 12.8 Å². The van der Waals surface area contributed by atoms with Gasteiger partial charge in [-0.25, -0.2) is 0 Å². The van der Waals surface area contributed by atoms with E-state index in [1.54, 1.807) is 24.3 Å². The Morgan fingerprint density at radius 2 is 2.21 bits per heavy atom. The van der Waals surface area contributed by atoms with Crippen LogP contribution < -0.4 is 15.8 Å². The van der Waals surface area contributed by atoms with Gasteiger partial charge in [0, 0.05) is 6.54 Å². The van der Waals surface area contributed by atoms with Gasteiger partial charge in [0.15, 0.2) is 12.4 Å². The first-order valence-electron chi connectivity index (χ1n) is 6.17. The van der Waals surface area contributed by atoms with Crippen LogP contribution in [0.3, 0.4) is 0 Å². The van der Waals surface area contributed by atoms with Crippen LogP contribution in [-0.2, 0) is 4.79 Å². The molecule has 0 heterocycles. The van der Waals surface area contributed by atoms with Gasteiger partial charge in [0.25, 0.3) is 5.91 Å². The van der Waals surface area contributed by atoms with Crippen LogP contribution in [0.15, 0.2) is 29.4 Å². The molecule has 1 aromatic carbocycles. The van der Waals surface area contributed by atoms with Crippen molar-refractivity contribution in [1.82, 2.24) is 5.32 Å². The van der Waals surface area contributed by atoms with Gasteiger partial charge >= 0.3 is 0 Å². The molecule has 2 rings (SSSR count). The second-order valence-corrected chi connectivity index (χ2v) is 4.52. The van der Waals surface area contributed by atoms with E-state index in [9.17, 15) is 4.79 Å². The summed E-state index contributed by atoms with van der Waals surface area (Å²) in [7, 11) is 0. The fraction of sp³-hybridized carbons (Fsp3) is 0.385. The molecule has 0 radical (unpaired) electrons. The van der Waals surface area contributed by atoms with E-state index in [0.717, 1.165) is 0 Å². The lowest BCUT2D eigenvalue weighted by molar-refractivity contribution is -0.123. The van der Waals surface area contributed by atoms with E-state index < -0.39 is 0 Å². The first-order valence-corrected chi connectivity index (χ1v) is 6.17. The third-order valence-corrected chi connectivity index (χ3v) is 2.91. The van der Waals surface area contributed by atoms with Crippen molar-refractivity contribution in [3.05, 3.63) is 29.8 Å². The molecule has 4 N–H and O–H groups in total. The number of oxime groups is 1. The van der Waals surface area contributed by atoms with E-state index in [1.807, 2.05) is 0 Å². The number of nitrogens with zero attached hydrogens (tertiary/aromatic N) is 1. The third-order valence-electron chi connectivity index (χ3n) is 2.91. The lowest BCUT2D eigenvalue weighted by atomic mass is 10.2. The van der Waals surface area contributed by atoms with E-state index in [2.05, 4.69) is 10.5 Å². The van der Waals surface area contributed by atoms with E-state index >= 15 is 0 Å². The molecular formula is C13H17N3O3. The van der Waals surface area contributed by atoms with Crippen LogP contribution in [0.4, 0.5) is 0 Å².